The van der Waals surface area contributed by atoms with Crippen LogP contribution in [0.25, 0.3) is 0 Å². The van der Waals surface area contributed by atoms with E-state index in [2.05, 4.69) is 0 Å². The highest BCUT2D eigenvalue weighted by molar-refractivity contribution is 5.81. The van der Waals surface area contributed by atoms with Gasteiger partial charge in [-0.1, -0.05) is 44.2 Å². The Balaban J connectivity index is 2.83. The maximum atomic E-state index is 12.6. The van der Waals surface area contributed by atoms with Crippen LogP contribution in [0.4, 0.5) is 0 Å². The fraction of sp³-hybridized carbons (Fsp3) is 0.600. The zero-order chi connectivity index (χ0) is 18.3. The molecule has 0 saturated carbocycles. The van der Waals surface area contributed by atoms with Crippen LogP contribution in [0.15, 0.2) is 30.3 Å². The summed E-state index contributed by atoms with van der Waals surface area (Å²) in [6.45, 7) is 9.09. The molecule has 134 valence electrons. The second-order valence-corrected chi connectivity index (χ2v) is 7.63. The molecule has 0 aliphatic carbocycles. The van der Waals surface area contributed by atoms with Gasteiger partial charge in [-0.3, -0.25) is 9.59 Å². The number of carboxylic acid groups (broad SMARTS) is 1. The number of aryl methyl sites for hydroxylation is 1. The van der Waals surface area contributed by atoms with E-state index in [-0.39, 0.29) is 5.92 Å². The Morgan fingerprint density at radius 2 is 1.71 bits per heavy atom. The Morgan fingerprint density at radius 3 is 2.17 bits per heavy atom. The summed E-state index contributed by atoms with van der Waals surface area (Å²) < 4.78 is 5.48. The van der Waals surface area contributed by atoms with Gasteiger partial charge in [-0.25, -0.2) is 0 Å². The van der Waals surface area contributed by atoms with E-state index >= 15 is 0 Å². The number of carbonyl (C=O) groups is 2. The van der Waals surface area contributed by atoms with Gasteiger partial charge in [-0.15, -0.1) is 0 Å². The predicted octanol–water partition coefficient (Wildman–Crippen LogP) is 4.32. The lowest BCUT2D eigenvalue weighted by Crippen LogP contribution is -2.38. The van der Waals surface area contributed by atoms with Crippen molar-refractivity contribution < 1.29 is 19.4 Å². The summed E-state index contributed by atoms with van der Waals surface area (Å²) in [6, 6.07) is 10.0. The third-order valence-electron chi connectivity index (χ3n) is 3.97. The van der Waals surface area contributed by atoms with Crippen LogP contribution in [-0.2, 0) is 20.7 Å². The molecule has 4 nitrogen and oxygen atoms in total. The van der Waals surface area contributed by atoms with Crippen LogP contribution < -0.4 is 0 Å². The van der Waals surface area contributed by atoms with Crippen LogP contribution in [0.5, 0.6) is 0 Å². The lowest BCUT2D eigenvalue weighted by Gasteiger charge is -2.29. The molecule has 0 saturated heterocycles. The lowest BCUT2D eigenvalue weighted by atomic mass is 9.80. The van der Waals surface area contributed by atoms with Crippen LogP contribution in [-0.4, -0.2) is 22.6 Å². The molecule has 1 rings (SSSR count). The minimum atomic E-state index is -0.930. The molecule has 1 N–H and O–H groups in total. The molecule has 0 fully saturated rings. The molecule has 0 aromatic heterocycles. The van der Waals surface area contributed by atoms with Crippen molar-refractivity contribution in [2.45, 2.75) is 59.5 Å². The van der Waals surface area contributed by atoms with Crippen LogP contribution in [0.2, 0.25) is 0 Å². The minimum absolute atomic E-state index is 0.128. The first-order chi connectivity index (χ1) is 11.1. The summed E-state index contributed by atoms with van der Waals surface area (Å²) in [7, 11) is 0. The van der Waals surface area contributed by atoms with Gasteiger partial charge >= 0.3 is 11.9 Å². The zero-order valence-electron chi connectivity index (χ0n) is 15.4. The Hall–Kier alpha value is -1.84. The molecule has 0 spiro atoms. The monoisotopic (exact) mass is 334 g/mol. The maximum Gasteiger partial charge on any atom is 0.310 e. The highest BCUT2D eigenvalue weighted by atomic mass is 16.6. The van der Waals surface area contributed by atoms with Crippen LogP contribution in [0, 0.1) is 17.8 Å². The number of carboxylic acids is 1. The van der Waals surface area contributed by atoms with E-state index < -0.39 is 29.4 Å². The van der Waals surface area contributed by atoms with E-state index in [0.717, 1.165) is 12.8 Å². The largest absolute Gasteiger partial charge is 0.481 e. The molecule has 1 aromatic rings. The second kappa shape index (κ2) is 8.86. The molecule has 24 heavy (non-hydrogen) atoms. The Bertz CT molecular complexity index is 528. The number of rotatable bonds is 8. The average molecular weight is 334 g/mol. The first-order valence-corrected chi connectivity index (χ1v) is 8.61. The van der Waals surface area contributed by atoms with Gasteiger partial charge in [0.1, 0.15) is 5.60 Å². The summed E-state index contributed by atoms with van der Waals surface area (Å²) in [6.07, 6.45) is 2.09. The summed E-state index contributed by atoms with van der Waals surface area (Å²) in [5.41, 5.74) is 0.575. The number of esters is 1. The minimum Gasteiger partial charge on any atom is -0.481 e. The molecule has 4 heteroatoms. The molecule has 1 unspecified atom stereocenters. The molecule has 0 amide bonds. The third-order valence-corrected chi connectivity index (χ3v) is 3.97. The maximum absolute atomic E-state index is 12.6. The van der Waals surface area contributed by atoms with E-state index in [0.29, 0.717) is 6.42 Å². The van der Waals surface area contributed by atoms with Crippen LogP contribution in [0.3, 0.4) is 0 Å². The van der Waals surface area contributed by atoms with E-state index in [1.165, 1.54) is 5.56 Å². The summed E-state index contributed by atoms with van der Waals surface area (Å²) in [4.78, 5) is 24.2. The topological polar surface area (TPSA) is 63.6 Å². The molecular formula is C20H30O4. The van der Waals surface area contributed by atoms with Gasteiger partial charge in [-0.05, 0) is 51.5 Å². The van der Waals surface area contributed by atoms with E-state index in [1.54, 1.807) is 20.8 Å². The van der Waals surface area contributed by atoms with Crippen LogP contribution >= 0.6 is 0 Å². The second-order valence-electron chi connectivity index (χ2n) is 7.63. The number of aliphatic carboxylic acids is 1. The average Bonchev–Trinajstić information content (AvgIpc) is 2.44. The lowest BCUT2D eigenvalue weighted by molar-refractivity contribution is -0.168. The predicted molar refractivity (Wildman–Crippen MR) is 94.7 cm³/mol. The van der Waals surface area contributed by atoms with Crippen molar-refractivity contribution >= 4 is 11.9 Å². The molecule has 0 bridgehead atoms. The SMILES string of the molecule is CC(C)[C@@H](C(=O)O)C(CCCc1ccccc1)C(=O)OC(C)(C)C. The summed E-state index contributed by atoms with van der Waals surface area (Å²) >= 11 is 0. The van der Waals surface area contributed by atoms with Gasteiger partial charge in [0, 0.05) is 0 Å². The van der Waals surface area contributed by atoms with Gasteiger partial charge in [-0.2, -0.15) is 0 Å². The normalized spacial score (nSPS) is 14.2. The Kier molecular flexibility index (Phi) is 7.46. The third kappa shape index (κ3) is 6.73. The van der Waals surface area contributed by atoms with Crippen LogP contribution in [0.1, 0.15) is 53.0 Å². The number of ether oxygens (including phenoxy) is 1. The highest BCUT2D eigenvalue weighted by Gasteiger charge is 2.38. The van der Waals surface area contributed by atoms with Crippen molar-refractivity contribution in [2.75, 3.05) is 0 Å². The van der Waals surface area contributed by atoms with Crippen molar-refractivity contribution in [1.29, 1.82) is 0 Å². The van der Waals surface area contributed by atoms with Crippen molar-refractivity contribution in [2.24, 2.45) is 17.8 Å². The quantitative estimate of drug-likeness (QED) is 0.719. The van der Waals surface area contributed by atoms with Crippen molar-refractivity contribution in [3.8, 4) is 0 Å². The molecule has 0 radical (unpaired) electrons. The molecule has 0 aliphatic heterocycles. The molecule has 0 aliphatic rings. The first-order valence-electron chi connectivity index (χ1n) is 8.61. The fourth-order valence-electron chi connectivity index (χ4n) is 2.91. The number of benzene rings is 1. The number of hydrogen-bond donors (Lipinski definition) is 1. The van der Waals surface area contributed by atoms with Gasteiger partial charge in [0.2, 0.25) is 0 Å². The van der Waals surface area contributed by atoms with E-state index in [9.17, 15) is 14.7 Å². The van der Waals surface area contributed by atoms with Gasteiger partial charge in [0.25, 0.3) is 0 Å². The van der Waals surface area contributed by atoms with E-state index in [4.69, 9.17) is 4.74 Å². The van der Waals surface area contributed by atoms with E-state index in [1.807, 2.05) is 44.2 Å². The molecule has 2 atom stereocenters. The van der Waals surface area contributed by atoms with Crippen molar-refractivity contribution in [3.05, 3.63) is 35.9 Å². The van der Waals surface area contributed by atoms with Gasteiger partial charge in [0.15, 0.2) is 0 Å². The standard InChI is InChI=1S/C20H30O4/c1-14(2)17(18(21)22)16(19(23)24-20(3,4)5)13-9-12-15-10-7-6-8-11-15/h6-8,10-11,14,16-17H,9,12-13H2,1-5H3,(H,21,22)/t16?,17-/m1/s1. The molecule has 0 heterocycles. The number of hydrogen-bond acceptors (Lipinski definition) is 3. The summed E-state index contributed by atoms with van der Waals surface area (Å²) in [5.74, 6) is -2.81. The molecule has 1 aromatic carbocycles. The Morgan fingerprint density at radius 1 is 1.12 bits per heavy atom. The summed E-state index contributed by atoms with van der Waals surface area (Å²) in [5, 5.41) is 9.57. The highest BCUT2D eigenvalue weighted by Crippen LogP contribution is 2.29. The fourth-order valence-corrected chi connectivity index (χ4v) is 2.91. The first kappa shape index (κ1) is 20.2. The van der Waals surface area contributed by atoms with Crippen molar-refractivity contribution in [3.63, 3.8) is 0 Å². The zero-order valence-corrected chi connectivity index (χ0v) is 15.4. The Labute approximate surface area is 145 Å². The smallest absolute Gasteiger partial charge is 0.310 e. The number of carbonyl (C=O) groups excluding carboxylic acids is 1. The van der Waals surface area contributed by atoms with Crippen molar-refractivity contribution in [1.82, 2.24) is 0 Å². The molecular weight excluding hydrogens is 304 g/mol. The van der Waals surface area contributed by atoms with Gasteiger partial charge in [0.05, 0.1) is 11.8 Å². The van der Waals surface area contributed by atoms with Gasteiger partial charge < -0.3 is 9.84 Å².